The average molecular weight is 647 g/mol. The van der Waals surface area contributed by atoms with Crippen LogP contribution in [-0.2, 0) is 10.2 Å². The lowest BCUT2D eigenvalue weighted by molar-refractivity contribution is -0.288. The Balaban J connectivity index is 1.69. The van der Waals surface area contributed by atoms with Crippen molar-refractivity contribution in [2.45, 2.75) is 31.6 Å². The number of hydrogen-bond acceptors (Lipinski definition) is 6. The van der Waals surface area contributed by atoms with Gasteiger partial charge in [0.05, 0.1) is 11.4 Å². The first kappa shape index (κ1) is 33.4. The molecule has 4 rings (SSSR count). The van der Waals surface area contributed by atoms with Crippen molar-refractivity contribution in [3.05, 3.63) is 107 Å². The van der Waals surface area contributed by atoms with Crippen LogP contribution in [-0.4, -0.2) is 40.2 Å². The predicted molar refractivity (Wildman–Crippen MR) is 154 cm³/mol. The third-order valence-corrected chi connectivity index (χ3v) is 6.88. The van der Waals surface area contributed by atoms with Crippen LogP contribution in [0.1, 0.15) is 45.7 Å². The molecule has 14 heteroatoms. The number of hydrogen-bond donors (Lipinski definition) is 4. The minimum Gasteiger partial charge on any atom is -0.506 e. The van der Waals surface area contributed by atoms with Crippen LogP contribution in [0.4, 0.5) is 37.7 Å². The first-order valence-corrected chi connectivity index (χ1v) is 13.2. The number of ketones is 1. The third-order valence-electron chi connectivity index (χ3n) is 6.88. The Morgan fingerprint density at radius 1 is 0.609 bits per heavy atom. The number of carbonyl (C=O) groups is 3. The molecular weight excluding hydrogens is 622 g/mol. The lowest BCUT2D eigenvalue weighted by Gasteiger charge is -2.38. The smallest absolute Gasteiger partial charge is 0.411 e. The number of ether oxygens (including phenoxy) is 1. The first-order valence-electron chi connectivity index (χ1n) is 13.2. The maximum atomic E-state index is 14.7. The van der Waals surface area contributed by atoms with Crippen molar-refractivity contribution in [2.24, 2.45) is 0 Å². The van der Waals surface area contributed by atoms with Crippen LogP contribution in [0.25, 0.3) is 0 Å². The van der Waals surface area contributed by atoms with Crippen molar-refractivity contribution >= 4 is 29.0 Å². The van der Waals surface area contributed by atoms with Crippen molar-refractivity contribution in [3.63, 3.8) is 0 Å². The summed E-state index contributed by atoms with van der Waals surface area (Å²) in [4.78, 5) is 35.8. The highest BCUT2D eigenvalue weighted by atomic mass is 19.4. The number of benzene rings is 4. The molecule has 46 heavy (non-hydrogen) atoms. The highest BCUT2D eigenvalue weighted by Gasteiger charge is 2.72. The number of halogens is 6. The molecule has 0 unspecified atom stereocenters. The molecule has 8 nitrogen and oxygen atoms in total. The molecule has 0 radical (unpaired) electrons. The van der Waals surface area contributed by atoms with Crippen molar-refractivity contribution in [1.29, 1.82) is 0 Å². The van der Waals surface area contributed by atoms with E-state index >= 15 is 0 Å². The zero-order chi connectivity index (χ0) is 34.0. The van der Waals surface area contributed by atoms with Gasteiger partial charge >= 0.3 is 12.4 Å². The van der Waals surface area contributed by atoms with Gasteiger partial charge in [0.15, 0.2) is 5.78 Å². The largest absolute Gasteiger partial charge is 0.506 e. The summed E-state index contributed by atoms with van der Waals surface area (Å²) in [5.41, 5.74) is -8.62. The van der Waals surface area contributed by atoms with E-state index in [1.54, 1.807) is 24.3 Å². The monoisotopic (exact) mass is 646 g/mol. The summed E-state index contributed by atoms with van der Waals surface area (Å²) in [6.45, 7) is 2.34. The fraction of sp³-hybridized carbons (Fsp3) is 0.156. The Bertz CT molecular complexity index is 1770. The second-order valence-electron chi connectivity index (χ2n) is 10.1. The van der Waals surface area contributed by atoms with Gasteiger partial charge in [0.2, 0.25) is 11.3 Å². The number of phenolic OH excluding ortho intramolecular Hbond substituents is 2. The Morgan fingerprint density at radius 3 is 1.41 bits per heavy atom. The molecule has 0 atom stereocenters. The molecule has 0 aliphatic carbocycles. The van der Waals surface area contributed by atoms with Crippen LogP contribution >= 0.6 is 0 Å². The number of rotatable bonds is 8. The van der Waals surface area contributed by atoms with Gasteiger partial charge in [-0.3, -0.25) is 14.4 Å². The zero-order valence-corrected chi connectivity index (χ0v) is 23.9. The number of phenols is 2. The van der Waals surface area contributed by atoms with Gasteiger partial charge in [-0.1, -0.05) is 12.1 Å². The van der Waals surface area contributed by atoms with E-state index < -0.39 is 63.6 Å². The molecule has 2 amide bonds. The zero-order valence-electron chi connectivity index (χ0n) is 23.9. The van der Waals surface area contributed by atoms with Gasteiger partial charge in [-0.2, -0.15) is 26.3 Å². The summed E-state index contributed by atoms with van der Waals surface area (Å²) in [5, 5.41) is 24.4. The molecular formula is C32H24F6N2O6. The molecule has 0 spiro atoms. The second-order valence-corrected chi connectivity index (χ2v) is 10.1. The van der Waals surface area contributed by atoms with Crippen molar-refractivity contribution in [1.82, 2.24) is 0 Å². The van der Waals surface area contributed by atoms with E-state index in [0.29, 0.717) is 47.7 Å². The van der Waals surface area contributed by atoms with E-state index in [9.17, 15) is 50.9 Å². The lowest BCUT2D eigenvalue weighted by Crippen LogP contribution is -2.54. The van der Waals surface area contributed by atoms with Gasteiger partial charge in [-0.15, -0.1) is 0 Å². The highest BCUT2D eigenvalue weighted by molar-refractivity contribution is 6.05. The number of nitrogens with one attached hydrogen (secondary N) is 2. The minimum absolute atomic E-state index is 0.0829. The number of aromatic hydroxyl groups is 2. The molecule has 4 aromatic carbocycles. The maximum Gasteiger partial charge on any atom is 0.411 e. The molecule has 0 aliphatic heterocycles. The fourth-order valence-electron chi connectivity index (χ4n) is 4.67. The molecule has 0 saturated heterocycles. The lowest BCUT2D eigenvalue weighted by atomic mass is 9.72. The molecule has 0 aliphatic rings. The van der Waals surface area contributed by atoms with Crippen LogP contribution in [0.2, 0.25) is 0 Å². The molecule has 4 aromatic rings. The fourth-order valence-corrected chi connectivity index (χ4v) is 4.67. The van der Waals surface area contributed by atoms with E-state index in [0.717, 1.165) is 6.92 Å². The van der Waals surface area contributed by atoms with E-state index in [1.165, 1.54) is 31.2 Å². The Kier molecular flexibility index (Phi) is 9.04. The molecule has 4 N–H and O–H groups in total. The second kappa shape index (κ2) is 12.5. The molecule has 0 heterocycles. The normalized spacial score (nSPS) is 11.9. The van der Waals surface area contributed by atoms with Gasteiger partial charge in [0.25, 0.3) is 5.91 Å². The minimum atomic E-state index is -6.05. The average Bonchev–Trinajstić information content (AvgIpc) is 2.95. The molecule has 240 valence electrons. The maximum absolute atomic E-state index is 14.7. The van der Waals surface area contributed by atoms with Crippen LogP contribution in [0.5, 0.6) is 23.0 Å². The molecule has 0 aromatic heterocycles. The number of Topliss-reactive ketones (excluding diaryl/α,β-unsaturated/α-hetero) is 1. The first-order chi connectivity index (χ1) is 21.4. The van der Waals surface area contributed by atoms with E-state index in [4.69, 9.17) is 4.74 Å². The van der Waals surface area contributed by atoms with Gasteiger partial charge < -0.3 is 25.6 Å². The van der Waals surface area contributed by atoms with Crippen molar-refractivity contribution in [3.8, 4) is 23.0 Å². The van der Waals surface area contributed by atoms with Gasteiger partial charge in [-0.25, -0.2) is 0 Å². The standard InChI is InChI=1S/C32H24F6N2O6/c1-17(41)19-3-9-23(10-4-19)46-24-11-5-20(6-12-24)29(45)40-26-16-22(8-14-28(26)44)30(31(33,34)35,32(36,37)38)21-7-13-27(43)25(15-21)39-18(2)42/h3-16,43-44H,1-2H3,(H,39,42)(H,40,45). The summed E-state index contributed by atoms with van der Waals surface area (Å²) in [5.74, 6) is -2.95. The van der Waals surface area contributed by atoms with E-state index in [-0.39, 0.29) is 17.1 Å². The summed E-state index contributed by atoms with van der Waals surface area (Å²) in [6.07, 6.45) is -12.1. The van der Waals surface area contributed by atoms with E-state index in [1.807, 2.05) is 5.32 Å². The van der Waals surface area contributed by atoms with Crippen LogP contribution in [0.3, 0.4) is 0 Å². The summed E-state index contributed by atoms with van der Waals surface area (Å²) in [7, 11) is 0. The van der Waals surface area contributed by atoms with Crippen LogP contribution in [0.15, 0.2) is 84.9 Å². The van der Waals surface area contributed by atoms with Gasteiger partial charge in [-0.05, 0) is 90.8 Å². The van der Waals surface area contributed by atoms with E-state index in [2.05, 4.69) is 5.32 Å². The molecule has 0 bridgehead atoms. The highest BCUT2D eigenvalue weighted by Crippen LogP contribution is 2.57. The van der Waals surface area contributed by atoms with Gasteiger partial charge in [0.1, 0.15) is 23.0 Å². The number of alkyl halides is 6. The third kappa shape index (κ3) is 6.60. The number of carbonyl (C=O) groups excluding carboxylic acids is 3. The van der Waals surface area contributed by atoms with Crippen molar-refractivity contribution in [2.75, 3.05) is 10.6 Å². The number of amides is 2. The Hall–Kier alpha value is -5.53. The van der Waals surface area contributed by atoms with Gasteiger partial charge in [0, 0.05) is 18.1 Å². The van der Waals surface area contributed by atoms with Crippen LogP contribution < -0.4 is 15.4 Å². The summed E-state index contributed by atoms with van der Waals surface area (Å²) < 4.78 is 93.8. The summed E-state index contributed by atoms with van der Waals surface area (Å²) >= 11 is 0. The predicted octanol–water partition coefficient (Wildman–Crippen LogP) is 7.71. The number of anilines is 2. The Morgan fingerprint density at radius 2 is 1.02 bits per heavy atom. The molecule has 0 fully saturated rings. The topological polar surface area (TPSA) is 125 Å². The van der Waals surface area contributed by atoms with Crippen LogP contribution in [0, 0.1) is 0 Å². The Labute approximate surface area is 257 Å². The quantitative estimate of drug-likeness (QED) is 0.0883. The van der Waals surface area contributed by atoms with Crippen molar-refractivity contribution < 1.29 is 55.7 Å². The molecule has 0 saturated carbocycles. The SMILES string of the molecule is CC(=O)Nc1cc(C(c2ccc(O)c(NC(=O)c3ccc(Oc4ccc(C(C)=O)cc4)cc3)c2)(C(F)(F)F)C(F)(F)F)ccc1O. The summed E-state index contributed by atoms with van der Waals surface area (Å²) in [6, 6.07) is 14.2.